The van der Waals surface area contributed by atoms with E-state index < -0.39 is 11.6 Å². The molecule has 4 heteroatoms. The molecule has 72 valence electrons. The molecule has 1 aliphatic carbocycles. The molecule has 0 radical (unpaired) electrons. The number of nitriles is 1. The number of carbonyl (C=O) groups excluding carboxylic acids is 1. The van der Waals surface area contributed by atoms with Gasteiger partial charge in [0.2, 0.25) is 5.91 Å². The Kier molecular flexibility index (Phi) is 2.89. The van der Waals surface area contributed by atoms with Gasteiger partial charge in [0.25, 0.3) is 0 Å². The summed E-state index contributed by atoms with van der Waals surface area (Å²) in [5.74, 6) is -0.194. The Bertz CT molecular complexity index is 240. The summed E-state index contributed by atoms with van der Waals surface area (Å²) >= 11 is 0. The highest BCUT2D eigenvalue weighted by atomic mass is 16.2. The molecule has 1 saturated carbocycles. The van der Waals surface area contributed by atoms with Gasteiger partial charge < -0.3 is 11.1 Å². The molecule has 1 rings (SSSR count). The zero-order valence-corrected chi connectivity index (χ0v) is 7.84. The van der Waals surface area contributed by atoms with Gasteiger partial charge >= 0.3 is 0 Å². The van der Waals surface area contributed by atoms with Crippen LogP contribution in [0.3, 0.4) is 0 Å². The van der Waals surface area contributed by atoms with Gasteiger partial charge in [-0.25, -0.2) is 0 Å². The Morgan fingerprint density at radius 1 is 1.77 bits per heavy atom. The number of nitrogens with two attached hydrogens (primary N) is 1. The smallest absolute Gasteiger partial charge is 0.238 e. The van der Waals surface area contributed by atoms with Crippen molar-refractivity contribution in [3.05, 3.63) is 0 Å². The van der Waals surface area contributed by atoms with Crippen molar-refractivity contribution in [1.82, 2.24) is 5.32 Å². The maximum absolute atomic E-state index is 11.4. The van der Waals surface area contributed by atoms with E-state index in [1.807, 2.05) is 6.92 Å². The van der Waals surface area contributed by atoms with Crippen molar-refractivity contribution in [3.63, 3.8) is 0 Å². The van der Waals surface area contributed by atoms with Gasteiger partial charge in [0.15, 0.2) is 0 Å². The lowest BCUT2D eigenvalue weighted by Crippen LogP contribution is -2.46. The summed E-state index contributed by atoms with van der Waals surface area (Å²) < 4.78 is 0. The Balaban J connectivity index is 2.37. The monoisotopic (exact) mass is 181 g/mol. The summed E-state index contributed by atoms with van der Waals surface area (Å²) in [6.07, 6.45) is 3.07. The van der Waals surface area contributed by atoms with Crippen LogP contribution in [-0.2, 0) is 4.79 Å². The van der Waals surface area contributed by atoms with Gasteiger partial charge in [-0.05, 0) is 19.3 Å². The zero-order chi connectivity index (χ0) is 9.90. The SMILES string of the molecule is CCC[C@H](N)C(=O)NC1(C#N)CC1. The van der Waals surface area contributed by atoms with Gasteiger partial charge in [0, 0.05) is 0 Å². The van der Waals surface area contributed by atoms with Crippen molar-refractivity contribution in [2.45, 2.75) is 44.2 Å². The Morgan fingerprint density at radius 3 is 2.77 bits per heavy atom. The molecule has 1 amide bonds. The molecule has 1 aliphatic rings. The van der Waals surface area contributed by atoms with Crippen LogP contribution >= 0.6 is 0 Å². The van der Waals surface area contributed by atoms with E-state index in [2.05, 4.69) is 11.4 Å². The van der Waals surface area contributed by atoms with Crippen molar-refractivity contribution < 1.29 is 4.79 Å². The minimum absolute atomic E-state index is 0.194. The van der Waals surface area contributed by atoms with Crippen LogP contribution in [0, 0.1) is 11.3 Å². The van der Waals surface area contributed by atoms with Crippen LogP contribution in [0.25, 0.3) is 0 Å². The quantitative estimate of drug-likeness (QED) is 0.654. The molecular formula is C9H15N3O. The number of nitrogens with one attached hydrogen (secondary N) is 1. The molecule has 13 heavy (non-hydrogen) atoms. The van der Waals surface area contributed by atoms with E-state index in [1.54, 1.807) is 0 Å². The fourth-order valence-corrected chi connectivity index (χ4v) is 1.16. The summed E-state index contributed by atoms with van der Waals surface area (Å²) in [6.45, 7) is 1.98. The zero-order valence-electron chi connectivity index (χ0n) is 7.84. The Labute approximate surface area is 78.1 Å². The number of rotatable bonds is 4. The lowest BCUT2D eigenvalue weighted by molar-refractivity contribution is -0.123. The molecule has 1 atom stereocenters. The molecule has 0 heterocycles. The van der Waals surface area contributed by atoms with E-state index >= 15 is 0 Å². The maximum atomic E-state index is 11.4. The molecule has 3 N–H and O–H groups in total. The number of hydrogen-bond acceptors (Lipinski definition) is 3. The molecule has 0 unspecified atom stereocenters. The van der Waals surface area contributed by atoms with E-state index in [0.717, 1.165) is 19.3 Å². The normalized spacial score (nSPS) is 20.1. The number of amides is 1. The van der Waals surface area contributed by atoms with Gasteiger partial charge in [-0.2, -0.15) is 5.26 Å². The lowest BCUT2D eigenvalue weighted by atomic mass is 10.1. The predicted molar refractivity (Wildman–Crippen MR) is 48.6 cm³/mol. The lowest BCUT2D eigenvalue weighted by Gasteiger charge is -2.13. The van der Waals surface area contributed by atoms with Crippen LogP contribution in [0.1, 0.15) is 32.6 Å². The Morgan fingerprint density at radius 2 is 2.38 bits per heavy atom. The first kappa shape index (κ1) is 10.0. The first-order valence-corrected chi connectivity index (χ1v) is 4.62. The van der Waals surface area contributed by atoms with E-state index in [1.165, 1.54) is 0 Å². The molecule has 0 aromatic carbocycles. The van der Waals surface area contributed by atoms with Crippen molar-refractivity contribution >= 4 is 5.91 Å². The average Bonchev–Trinajstić information content (AvgIpc) is 2.86. The van der Waals surface area contributed by atoms with Crippen LogP contribution in [0.15, 0.2) is 0 Å². The second-order valence-corrected chi connectivity index (χ2v) is 3.58. The van der Waals surface area contributed by atoms with Crippen LogP contribution in [0.5, 0.6) is 0 Å². The number of nitrogens with zero attached hydrogens (tertiary/aromatic N) is 1. The standard InChI is InChI=1S/C9H15N3O/c1-2-3-7(11)8(13)12-9(6-10)4-5-9/h7H,2-5,11H2,1H3,(H,12,13)/t7-/m0/s1. The minimum Gasteiger partial charge on any atom is -0.336 e. The van der Waals surface area contributed by atoms with Gasteiger partial charge in [0.1, 0.15) is 5.54 Å². The summed E-state index contributed by atoms with van der Waals surface area (Å²) in [7, 11) is 0. The molecule has 0 spiro atoms. The van der Waals surface area contributed by atoms with Crippen molar-refractivity contribution in [1.29, 1.82) is 5.26 Å². The van der Waals surface area contributed by atoms with E-state index in [4.69, 9.17) is 11.0 Å². The molecule has 4 nitrogen and oxygen atoms in total. The van der Waals surface area contributed by atoms with Gasteiger partial charge in [-0.3, -0.25) is 4.79 Å². The maximum Gasteiger partial charge on any atom is 0.238 e. The third-order valence-corrected chi connectivity index (χ3v) is 2.26. The topological polar surface area (TPSA) is 78.9 Å². The summed E-state index contributed by atoms with van der Waals surface area (Å²) in [5, 5.41) is 11.4. The molecular weight excluding hydrogens is 166 g/mol. The summed E-state index contributed by atoms with van der Waals surface area (Å²) in [5.41, 5.74) is 5.02. The highest BCUT2D eigenvalue weighted by Gasteiger charge is 2.45. The van der Waals surface area contributed by atoms with Crippen LogP contribution < -0.4 is 11.1 Å². The van der Waals surface area contributed by atoms with E-state index in [0.29, 0.717) is 6.42 Å². The second-order valence-electron chi connectivity index (χ2n) is 3.58. The summed E-state index contributed by atoms with van der Waals surface area (Å²) in [6, 6.07) is 1.63. The average molecular weight is 181 g/mol. The van der Waals surface area contributed by atoms with Gasteiger partial charge in [0.05, 0.1) is 12.1 Å². The van der Waals surface area contributed by atoms with Crippen molar-refractivity contribution in [3.8, 4) is 6.07 Å². The van der Waals surface area contributed by atoms with Crippen LogP contribution in [0.4, 0.5) is 0 Å². The van der Waals surface area contributed by atoms with Crippen molar-refractivity contribution in [2.24, 2.45) is 5.73 Å². The van der Waals surface area contributed by atoms with E-state index in [9.17, 15) is 4.79 Å². The van der Waals surface area contributed by atoms with Crippen LogP contribution in [-0.4, -0.2) is 17.5 Å². The highest BCUT2D eigenvalue weighted by Crippen LogP contribution is 2.34. The number of hydrogen-bond donors (Lipinski definition) is 2. The minimum atomic E-state index is -0.581. The van der Waals surface area contributed by atoms with Crippen molar-refractivity contribution in [2.75, 3.05) is 0 Å². The first-order chi connectivity index (χ1) is 6.13. The molecule has 0 bridgehead atoms. The van der Waals surface area contributed by atoms with E-state index in [-0.39, 0.29) is 5.91 Å². The third-order valence-electron chi connectivity index (χ3n) is 2.26. The molecule has 0 aromatic heterocycles. The molecule has 0 aromatic rings. The third kappa shape index (κ3) is 2.43. The fraction of sp³-hybridized carbons (Fsp3) is 0.778. The Hall–Kier alpha value is -1.08. The van der Waals surface area contributed by atoms with Crippen LogP contribution in [0.2, 0.25) is 0 Å². The molecule has 0 aliphatic heterocycles. The predicted octanol–water partition coefficient (Wildman–Crippen LogP) is 0.286. The highest BCUT2D eigenvalue weighted by molar-refractivity contribution is 5.83. The van der Waals surface area contributed by atoms with Gasteiger partial charge in [-0.1, -0.05) is 13.3 Å². The fourth-order valence-electron chi connectivity index (χ4n) is 1.16. The van der Waals surface area contributed by atoms with Gasteiger partial charge in [-0.15, -0.1) is 0 Å². The largest absolute Gasteiger partial charge is 0.336 e. The summed E-state index contributed by atoms with van der Waals surface area (Å²) in [4.78, 5) is 11.4. The molecule has 1 fully saturated rings. The first-order valence-electron chi connectivity index (χ1n) is 4.62. The second kappa shape index (κ2) is 3.75. The number of carbonyl (C=O) groups is 1. The molecule has 0 saturated heterocycles.